The highest BCUT2D eigenvalue weighted by atomic mass is 16.6. The number of phenolic OH excluding ortho intramolecular Hbond substituents is 1. The molecule has 1 aliphatic rings. The summed E-state index contributed by atoms with van der Waals surface area (Å²) in [4.78, 5) is 0. The van der Waals surface area contributed by atoms with E-state index in [0.29, 0.717) is 0 Å². The van der Waals surface area contributed by atoms with E-state index in [0.717, 1.165) is 34.9 Å². The maximum atomic E-state index is 10.2. The van der Waals surface area contributed by atoms with E-state index < -0.39 is 6.29 Å². The van der Waals surface area contributed by atoms with Crippen LogP contribution in [0.5, 0.6) is 11.5 Å². The predicted octanol–water partition coefficient (Wildman–Crippen LogP) is 4.31. The number of benzene rings is 2. The summed E-state index contributed by atoms with van der Waals surface area (Å²) in [6, 6.07) is 9.38. The van der Waals surface area contributed by atoms with Gasteiger partial charge < -0.3 is 14.9 Å². The number of fused-ring (bicyclic) bond motifs is 3. The van der Waals surface area contributed by atoms with Gasteiger partial charge in [-0.05, 0) is 12.5 Å². The van der Waals surface area contributed by atoms with Crippen LogP contribution in [-0.4, -0.2) is 16.5 Å². The molecule has 0 aromatic heterocycles. The van der Waals surface area contributed by atoms with Gasteiger partial charge in [0.15, 0.2) is 0 Å². The highest BCUT2D eigenvalue weighted by molar-refractivity contribution is 5.94. The van der Waals surface area contributed by atoms with Crippen LogP contribution in [-0.2, 0) is 0 Å². The molecule has 0 amide bonds. The number of unbranched alkanes of at least 4 members (excludes halogenated alkanes) is 3. The van der Waals surface area contributed by atoms with Crippen molar-refractivity contribution in [2.45, 2.75) is 51.2 Å². The molecule has 0 bridgehead atoms. The maximum absolute atomic E-state index is 10.2. The van der Waals surface area contributed by atoms with E-state index in [1.54, 1.807) is 6.07 Å². The third kappa shape index (κ3) is 2.58. The van der Waals surface area contributed by atoms with E-state index in [9.17, 15) is 10.2 Å². The van der Waals surface area contributed by atoms with Crippen LogP contribution in [0.4, 0.5) is 0 Å². The van der Waals surface area contributed by atoms with Gasteiger partial charge in [0.1, 0.15) is 11.5 Å². The first-order chi connectivity index (χ1) is 10.2. The Morgan fingerprint density at radius 2 is 1.86 bits per heavy atom. The Balaban J connectivity index is 1.92. The Kier molecular flexibility index (Phi) is 4.02. The molecule has 0 unspecified atom stereocenters. The van der Waals surface area contributed by atoms with Crippen LogP contribution in [0.1, 0.15) is 50.5 Å². The number of aliphatic hydroxyl groups excluding tert-OH is 1. The van der Waals surface area contributed by atoms with Gasteiger partial charge in [-0.1, -0.05) is 56.9 Å². The Labute approximate surface area is 125 Å². The zero-order valence-corrected chi connectivity index (χ0v) is 12.4. The third-order valence-electron chi connectivity index (χ3n) is 4.35. The summed E-state index contributed by atoms with van der Waals surface area (Å²) in [5.74, 6) is 0.962. The Morgan fingerprint density at radius 3 is 2.62 bits per heavy atom. The van der Waals surface area contributed by atoms with Gasteiger partial charge in [-0.2, -0.15) is 0 Å². The molecule has 0 saturated carbocycles. The van der Waals surface area contributed by atoms with Gasteiger partial charge in [0, 0.05) is 16.3 Å². The highest BCUT2D eigenvalue weighted by Crippen LogP contribution is 2.47. The minimum Gasteiger partial charge on any atom is -0.507 e. The molecule has 1 heterocycles. The van der Waals surface area contributed by atoms with Crippen LogP contribution in [0.2, 0.25) is 0 Å². The monoisotopic (exact) mass is 286 g/mol. The molecule has 112 valence electrons. The van der Waals surface area contributed by atoms with Crippen molar-refractivity contribution in [3.63, 3.8) is 0 Å². The first-order valence-corrected chi connectivity index (χ1v) is 7.81. The summed E-state index contributed by atoms with van der Waals surface area (Å²) in [5.41, 5.74) is 0.940. The average molecular weight is 286 g/mol. The van der Waals surface area contributed by atoms with E-state index in [2.05, 4.69) is 6.92 Å². The molecule has 2 N–H and O–H groups in total. The van der Waals surface area contributed by atoms with E-state index in [1.165, 1.54) is 19.3 Å². The molecule has 3 heteroatoms. The first-order valence-electron chi connectivity index (χ1n) is 7.81. The fourth-order valence-corrected chi connectivity index (χ4v) is 3.20. The molecule has 2 atom stereocenters. The van der Waals surface area contributed by atoms with E-state index in [4.69, 9.17) is 4.74 Å². The standard InChI is InChI=1S/C18H22O3/c1-2-3-4-5-10-14-15-11-16(19)12-8-6-7-9-13(12)17(15)21-18(14)20/h6-9,11,14,18-20H,2-5,10H2,1H3/t14-,18-/m1/s1. The molecule has 3 rings (SSSR count). The lowest BCUT2D eigenvalue weighted by molar-refractivity contribution is -0.0196. The number of hydrogen-bond acceptors (Lipinski definition) is 3. The molecule has 0 fully saturated rings. The maximum Gasteiger partial charge on any atom is 0.204 e. The van der Waals surface area contributed by atoms with Gasteiger partial charge in [-0.25, -0.2) is 0 Å². The second-order valence-electron chi connectivity index (χ2n) is 5.82. The van der Waals surface area contributed by atoms with Crippen molar-refractivity contribution in [1.29, 1.82) is 0 Å². The zero-order valence-electron chi connectivity index (χ0n) is 12.4. The van der Waals surface area contributed by atoms with Crippen LogP contribution in [0.15, 0.2) is 30.3 Å². The van der Waals surface area contributed by atoms with E-state index >= 15 is 0 Å². The van der Waals surface area contributed by atoms with E-state index in [-0.39, 0.29) is 11.7 Å². The summed E-state index contributed by atoms with van der Waals surface area (Å²) in [7, 11) is 0. The number of rotatable bonds is 5. The van der Waals surface area contributed by atoms with Crippen molar-refractivity contribution in [1.82, 2.24) is 0 Å². The molecule has 2 aromatic carbocycles. The fourth-order valence-electron chi connectivity index (χ4n) is 3.20. The fraction of sp³-hybridized carbons (Fsp3) is 0.444. The number of aromatic hydroxyl groups is 1. The Hall–Kier alpha value is -1.74. The largest absolute Gasteiger partial charge is 0.507 e. The lowest BCUT2D eigenvalue weighted by Gasteiger charge is -2.13. The smallest absolute Gasteiger partial charge is 0.204 e. The SMILES string of the molecule is CCCCCC[C@@H]1c2cc(O)c3ccccc3c2O[C@H]1O. The lowest BCUT2D eigenvalue weighted by atomic mass is 9.91. The van der Waals surface area contributed by atoms with Crippen molar-refractivity contribution in [3.05, 3.63) is 35.9 Å². The van der Waals surface area contributed by atoms with Crippen molar-refractivity contribution in [2.24, 2.45) is 0 Å². The van der Waals surface area contributed by atoms with Crippen LogP contribution in [0, 0.1) is 0 Å². The van der Waals surface area contributed by atoms with Crippen LogP contribution in [0.25, 0.3) is 10.8 Å². The molecule has 21 heavy (non-hydrogen) atoms. The molecular formula is C18H22O3. The minimum absolute atomic E-state index is 0.0348. The minimum atomic E-state index is -0.799. The summed E-state index contributed by atoms with van der Waals surface area (Å²) in [5, 5.41) is 22.1. The second kappa shape index (κ2) is 5.94. The summed E-state index contributed by atoms with van der Waals surface area (Å²) < 4.78 is 5.69. The zero-order chi connectivity index (χ0) is 14.8. The van der Waals surface area contributed by atoms with Gasteiger partial charge in [0.25, 0.3) is 0 Å². The molecule has 0 aliphatic carbocycles. The van der Waals surface area contributed by atoms with Crippen molar-refractivity contribution >= 4 is 10.8 Å². The number of ether oxygens (including phenoxy) is 1. The number of aliphatic hydroxyl groups is 1. The van der Waals surface area contributed by atoms with Crippen molar-refractivity contribution in [2.75, 3.05) is 0 Å². The lowest BCUT2D eigenvalue weighted by Crippen LogP contribution is -2.17. The second-order valence-corrected chi connectivity index (χ2v) is 5.82. The molecule has 0 radical (unpaired) electrons. The van der Waals surface area contributed by atoms with Crippen LogP contribution >= 0.6 is 0 Å². The van der Waals surface area contributed by atoms with Crippen molar-refractivity contribution < 1.29 is 14.9 Å². The van der Waals surface area contributed by atoms with Crippen LogP contribution in [0.3, 0.4) is 0 Å². The summed E-state index contributed by atoms with van der Waals surface area (Å²) in [6.07, 6.45) is 4.77. The average Bonchev–Trinajstić information content (AvgIpc) is 2.80. The molecule has 1 aliphatic heterocycles. The van der Waals surface area contributed by atoms with Gasteiger partial charge in [0.05, 0.1) is 5.92 Å². The quantitative estimate of drug-likeness (QED) is 0.805. The number of phenols is 1. The van der Waals surface area contributed by atoms with Crippen molar-refractivity contribution in [3.8, 4) is 11.5 Å². The van der Waals surface area contributed by atoms with Gasteiger partial charge in [0.2, 0.25) is 6.29 Å². The summed E-state index contributed by atoms with van der Waals surface area (Å²) >= 11 is 0. The van der Waals surface area contributed by atoms with Gasteiger partial charge in [-0.3, -0.25) is 0 Å². The van der Waals surface area contributed by atoms with E-state index in [1.807, 2.05) is 24.3 Å². The summed E-state index contributed by atoms with van der Waals surface area (Å²) in [6.45, 7) is 2.19. The molecular weight excluding hydrogens is 264 g/mol. The molecule has 0 saturated heterocycles. The Bertz CT molecular complexity index is 636. The Morgan fingerprint density at radius 1 is 1.10 bits per heavy atom. The number of hydrogen-bond donors (Lipinski definition) is 2. The highest BCUT2D eigenvalue weighted by Gasteiger charge is 2.34. The topological polar surface area (TPSA) is 49.7 Å². The van der Waals surface area contributed by atoms with Crippen LogP contribution < -0.4 is 4.74 Å². The normalized spacial score (nSPS) is 20.5. The molecule has 2 aromatic rings. The first kappa shape index (κ1) is 14.2. The molecule has 3 nitrogen and oxygen atoms in total. The predicted molar refractivity (Wildman–Crippen MR) is 83.7 cm³/mol. The van der Waals surface area contributed by atoms with Gasteiger partial charge >= 0.3 is 0 Å². The molecule has 0 spiro atoms. The van der Waals surface area contributed by atoms with Gasteiger partial charge in [-0.15, -0.1) is 0 Å². The third-order valence-corrected chi connectivity index (χ3v) is 4.35.